The Kier molecular flexibility index (Phi) is 3.81. The smallest absolute Gasteiger partial charge is 0.144 e. The minimum atomic E-state index is 0.432. The molecule has 1 atom stereocenters. The number of hydrogen-bond acceptors (Lipinski definition) is 4. The van der Waals surface area contributed by atoms with Gasteiger partial charge in [0.25, 0.3) is 0 Å². The Balaban J connectivity index is 1.66. The van der Waals surface area contributed by atoms with Crippen molar-refractivity contribution in [2.45, 2.75) is 25.8 Å². The standard InChI is InChI=1S/C16H20N4/c1-13-4-6-15(7-5-13)20-10-2-3-14(12-20)19-16-11-17-8-9-18-16/h4-9,11,14H,2-3,10,12H2,1H3,(H,18,19). The quantitative estimate of drug-likeness (QED) is 0.929. The molecule has 1 unspecified atom stereocenters. The van der Waals surface area contributed by atoms with Crippen LogP contribution in [0.15, 0.2) is 42.9 Å². The van der Waals surface area contributed by atoms with E-state index >= 15 is 0 Å². The van der Waals surface area contributed by atoms with Crippen molar-refractivity contribution in [3.63, 3.8) is 0 Å². The van der Waals surface area contributed by atoms with Gasteiger partial charge < -0.3 is 10.2 Å². The summed E-state index contributed by atoms with van der Waals surface area (Å²) < 4.78 is 0. The molecule has 20 heavy (non-hydrogen) atoms. The zero-order valence-corrected chi connectivity index (χ0v) is 11.8. The predicted octanol–water partition coefficient (Wildman–Crippen LogP) is 2.87. The molecule has 1 fully saturated rings. The van der Waals surface area contributed by atoms with Crippen LogP contribution >= 0.6 is 0 Å². The first kappa shape index (κ1) is 12.9. The molecule has 0 bridgehead atoms. The van der Waals surface area contributed by atoms with Gasteiger partial charge in [0.05, 0.1) is 6.20 Å². The number of anilines is 2. The van der Waals surface area contributed by atoms with E-state index in [0.29, 0.717) is 6.04 Å². The van der Waals surface area contributed by atoms with Crippen molar-refractivity contribution in [3.8, 4) is 0 Å². The largest absolute Gasteiger partial charge is 0.369 e. The Bertz CT molecular complexity index is 538. The molecule has 1 N–H and O–H groups in total. The van der Waals surface area contributed by atoms with E-state index in [9.17, 15) is 0 Å². The highest BCUT2D eigenvalue weighted by Crippen LogP contribution is 2.21. The van der Waals surface area contributed by atoms with Crippen LogP contribution in [0.25, 0.3) is 0 Å². The van der Waals surface area contributed by atoms with Gasteiger partial charge in [0, 0.05) is 37.2 Å². The second kappa shape index (κ2) is 5.90. The zero-order chi connectivity index (χ0) is 13.8. The SMILES string of the molecule is Cc1ccc(N2CCCC(Nc3cnccn3)C2)cc1. The lowest BCUT2D eigenvalue weighted by Gasteiger charge is -2.35. The van der Waals surface area contributed by atoms with Crippen LogP contribution in [0, 0.1) is 6.92 Å². The summed E-state index contributed by atoms with van der Waals surface area (Å²) >= 11 is 0. The van der Waals surface area contributed by atoms with Crippen molar-refractivity contribution in [1.82, 2.24) is 9.97 Å². The first-order valence-corrected chi connectivity index (χ1v) is 7.15. The summed E-state index contributed by atoms with van der Waals surface area (Å²) in [6.45, 7) is 4.26. The molecule has 0 radical (unpaired) electrons. The highest BCUT2D eigenvalue weighted by Gasteiger charge is 2.20. The summed E-state index contributed by atoms with van der Waals surface area (Å²) in [6.07, 6.45) is 7.59. The van der Waals surface area contributed by atoms with E-state index in [-0.39, 0.29) is 0 Å². The highest BCUT2D eigenvalue weighted by atomic mass is 15.2. The minimum Gasteiger partial charge on any atom is -0.369 e. The maximum absolute atomic E-state index is 4.29. The molecule has 1 aromatic carbocycles. The molecule has 1 aromatic heterocycles. The Morgan fingerprint density at radius 2 is 2.05 bits per heavy atom. The molecule has 0 saturated carbocycles. The van der Waals surface area contributed by atoms with Gasteiger partial charge in [0.1, 0.15) is 5.82 Å². The third-order valence-electron chi connectivity index (χ3n) is 3.74. The summed E-state index contributed by atoms with van der Waals surface area (Å²) in [4.78, 5) is 10.8. The van der Waals surface area contributed by atoms with Crippen LogP contribution in [0.4, 0.5) is 11.5 Å². The Hall–Kier alpha value is -2.10. The molecular formula is C16H20N4. The van der Waals surface area contributed by atoms with E-state index in [1.165, 1.54) is 24.1 Å². The van der Waals surface area contributed by atoms with Crippen LogP contribution in [0.2, 0.25) is 0 Å². The van der Waals surface area contributed by atoms with Gasteiger partial charge in [-0.2, -0.15) is 0 Å². The first-order chi connectivity index (χ1) is 9.81. The highest BCUT2D eigenvalue weighted by molar-refractivity contribution is 5.48. The molecule has 1 saturated heterocycles. The maximum Gasteiger partial charge on any atom is 0.144 e. The van der Waals surface area contributed by atoms with Gasteiger partial charge in [0.2, 0.25) is 0 Å². The number of aryl methyl sites for hydroxylation is 1. The van der Waals surface area contributed by atoms with Gasteiger partial charge in [-0.3, -0.25) is 4.98 Å². The lowest BCUT2D eigenvalue weighted by Crippen LogP contribution is -2.42. The van der Waals surface area contributed by atoms with Crippen LogP contribution in [0.3, 0.4) is 0 Å². The van der Waals surface area contributed by atoms with Crippen molar-refractivity contribution >= 4 is 11.5 Å². The molecule has 4 heteroatoms. The van der Waals surface area contributed by atoms with E-state index in [1.54, 1.807) is 18.6 Å². The number of hydrogen-bond donors (Lipinski definition) is 1. The average Bonchev–Trinajstić information content (AvgIpc) is 2.49. The van der Waals surface area contributed by atoms with E-state index < -0.39 is 0 Å². The molecule has 0 spiro atoms. The molecule has 1 aliphatic rings. The average molecular weight is 268 g/mol. The van der Waals surface area contributed by atoms with E-state index in [1.807, 2.05) is 0 Å². The fraction of sp³-hybridized carbons (Fsp3) is 0.375. The summed E-state index contributed by atoms with van der Waals surface area (Å²) in [6, 6.07) is 9.20. The Labute approximate surface area is 119 Å². The van der Waals surface area contributed by atoms with Gasteiger partial charge >= 0.3 is 0 Å². The second-order valence-electron chi connectivity index (χ2n) is 5.36. The van der Waals surface area contributed by atoms with Gasteiger partial charge in [-0.1, -0.05) is 17.7 Å². The van der Waals surface area contributed by atoms with Crippen molar-refractivity contribution < 1.29 is 0 Å². The summed E-state index contributed by atoms with van der Waals surface area (Å²) in [7, 11) is 0. The third-order valence-corrected chi connectivity index (χ3v) is 3.74. The van der Waals surface area contributed by atoms with E-state index in [0.717, 1.165) is 18.9 Å². The molecular weight excluding hydrogens is 248 g/mol. The summed E-state index contributed by atoms with van der Waals surface area (Å²) in [5.74, 6) is 0.864. The van der Waals surface area contributed by atoms with Crippen molar-refractivity contribution in [1.29, 1.82) is 0 Å². The van der Waals surface area contributed by atoms with Gasteiger partial charge in [0.15, 0.2) is 0 Å². The predicted molar refractivity (Wildman–Crippen MR) is 82.1 cm³/mol. The molecule has 4 nitrogen and oxygen atoms in total. The van der Waals surface area contributed by atoms with Gasteiger partial charge in [-0.25, -0.2) is 4.98 Å². The van der Waals surface area contributed by atoms with Crippen LogP contribution < -0.4 is 10.2 Å². The molecule has 3 rings (SSSR count). The van der Waals surface area contributed by atoms with Crippen molar-refractivity contribution in [2.75, 3.05) is 23.3 Å². The lowest BCUT2D eigenvalue weighted by molar-refractivity contribution is 0.529. The van der Waals surface area contributed by atoms with Crippen LogP contribution in [-0.2, 0) is 0 Å². The molecule has 104 valence electrons. The maximum atomic E-state index is 4.29. The van der Waals surface area contributed by atoms with Crippen LogP contribution in [0.1, 0.15) is 18.4 Å². The Morgan fingerprint density at radius 1 is 1.20 bits per heavy atom. The van der Waals surface area contributed by atoms with Gasteiger partial charge in [-0.05, 0) is 31.9 Å². The summed E-state index contributed by atoms with van der Waals surface area (Å²) in [5, 5.41) is 3.48. The topological polar surface area (TPSA) is 41.0 Å². The summed E-state index contributed by atoms with van der Waals surface area (Å²) in [5.41, 5.74) is 2.61. The zero-order valence-electron chi connectivity index (χ0n) is 11.8. The number of nitrogens with zero attached hydrogens (tertiary/aromatic N) is 3. The second-order valence-corrected chi connectivity index (χ2v) is 5.36. The molecule has 2 aromatic rings. The van der Waals surface area contributed by atoms with Crippen molar-refractivity contribution in [2.24, 2.45) is 0 Å². The van der Waals surface area contributed by atoms with E-state index in [4.69, 9.17) is 0 Å². The lowest BCUT2D eigenvalue weighted by atomic mass is 10.0. The normalized spacial score (nSPS) is 18.9. The molecule has 1 aliphatic heterocycles. The molecule has 0 amide bonds. The molecule has 0 aliphatic carbocycles. The Morgan fingerprint density at radius 3 is 2.80 bits per heavy atom. The van der Waals surface area contributed by atoms with Crippen LogP contribution in [0.5, 0.6) is 0 Å². The fourth-order valence-electron chi connectivity index (χ4n) is 2.67. The third kappa shape index (κ3) is 3.07. The number of nitrogens with one attached hydrogen (secondary N) is 1. The number of aromatic nitrogens is 2. The number of benzene rings is 1. The molecule has 2 heterocycles. The fourth-order valence-corrected chi connectivity index (χ4v) is 2.67. The van der Waals surface area contributed by atoms with Crippen molar-refractivity contribution in [3.05, 3.63) is 48.4 Å². The number of rotatable bonds is 3. The van der Waals surface area contributed by atoms with Crippen LogP contribution in [-0.4, -0.2) is 29.1 Å². The van der Waals surface area contributed by atoms with E-state index in [2.05, 4.69) is 51.4 Å². The van der Waals surface area contributed by atoms with Gasteiger partial charge in [-0.15, -0.1) is 0 Å². The minimum absolute atomic E-state index is 0.432. The first-order valence-electron chi connectivity index (χ1n) is 7.15. The number of piperidine rings is 1. The monoisotopic (exact) mass is 268 g/mol.